The maximum atomic E-state index is 8.92. The molecule has 2 nitrogen and oxygen atoms in total. The molecule has 1 aromatic carbocycles. The molecule has 2 heteroatoms. The molecule has 0 bridgehead atoms. The van der Waals surface area contributed by atoms with Crippen LogP contribution >= 0.6 is 0 Å². The predicted octanol–water partition coefficient (Wildman–Crippen LogP) is 2.03. The molecule has 0 radical (unpaired) electrons. The highest BCUT2D eigenvalue weighted by Gasteiger charge is 2.08. The van der Waals surface area contributed by atoms with Crippen molar-refractivity contribution >= 4 is 0 Å². The van der Waals surface area contributed by atoms with Gasteiger partial charge < -0.3 is 5.73 Å². The molecule has 1 rings (SSSR count). The van der Waals surface area contributed by atoms with Crippen molar-refractivity contribution in [3.8, 4) is 6.07 Å². The van der Waals surface area contributed by atoms with E-state index in [2.05, 4.69) is 6.07 Å². The Balaban J connectivity index is 2.63. The van der Waals surface area contributed by atoms with E-state index in [0.29, 0.717) is 6.54 Å². The lowest BCUT2D eigenvalue weighted by atomic mass is 9.96. The Bertz CT molecular complexity index is 274. The highest BCUT2D eigenvalue weighted by molar-refractivity contribution is 5.24. The van der Waals surface area contributed by atoms with Crippen LogP contribution in [0.25, 0.3) is 0 Å². The third-order valence-corrected chi connectivity index (χ3v) is 2.05. The van der Waals surface area contributed by atoms with Gasteiger partial charge in [-0.2, -0.15) is 5.26 Å². The minimum Gasteiger partial charge on any atom is -0.330 e. The summed E-state index contributed by atoms with van der Waals surface area (Å²) >= 11 is 0. The normalized spacial score (nSPS) is 12.0. The topological polar surface area (TPSA) is 49.8 Å². The van der Waals surface area contributed by atoms with Gasteiger partial charge >= 0.3 is 0 Å². The van der Waals surface area contributed by atoms with Crippen molar-refractivity contribution in [3.63, 3.8) is 0 Å². The molecule has 0 heterocycles. The molecule has 0 saturated heterocycles. The first-order chi connectivity index (χ1) is 6.38. The van der Waals surface area contributed by atoms with Crippen LogP contribution in [0.4, 0.5) is 0 Å². The highest BCUT2D eigenvalue weighted by Crippen LogP contribution is 2.19. The van der Waals surface area contributed by atoms with Crippen molar-refractivity contribution in [3.05, 3.63) is 35.9 Å². The van der Waals surface area contributed by atoms with Gasteiger partial charge in [-0.15, -0.1) is 0 Å². The zero-order valence-electron chi connectivity index (χ0n) is 7.61. The minimum atomic E-state index is 0.00440. The summed E-state index contributed by atoms with van der Waals surface area (Å²) in [6, 6.07) is 12.2. The van der Waals surface area contributed by atoms with Crippen molar-refractivity contribution in [2.24, 2.45) is 5.73 Å². The van der Waals surface area contributed by atoms with Gasteiger partial charge in [-0.25, -0.2) is 0 Å². The SMILES string of the molecule is N#CC(CCCN)c1ccccc1. The number of rotatable bonds is 4. The Kier molecular flexibility index (Phi) is 4.01. The van der Waals surface area contributed by atoms with E-state index in [1.54, 1.807) is 0 Å². The first kappa shape index (κ1) is 9.76. The van der Waals surface area contributed by atoms with Crippen LogP contribution < -0.4 is 5.73 Å². The second kappa shape index (κ2) is 5.34. The molecule has 2 N–H and O–H groups in total. The molecule has 0 aliphatic carbocycles. The summed E-state index contributed by atoms with van der Waals surface area (Å²) in [6.07, 6.45) is 1.77. The molecule has 13 heavy (non-hydrogen) atoms. The number of nitrogens with zero attached hydrogens (tertiary/aromatic N) is 1. The molecule has 0 aliphatic rings. The Labute approximate surface area is 79.0 Å². The fourth-order valence-electron chi connectivity index (χ4n) is 1.31. The fraction of sp³-hybridized carbons (Fsp3) is 0.364. The molecule has 0 fully saturated rings. The molecule has 0 amide bonds. The Morgan fingerprint density at radius 3 is 2.54 bits per heavy atom. The largest absolute Gasteiger partial charge is 0.330 e. The van der Waals surface area contributed by atoms with Crippen molar-refractivity contribution in [1.82, 2.24) is 0 Å². The quantitative estimate of drug-likeness (QED) is 0.759. The number of hydrogen-bond acceptors (Lipinski definition) is 2. The van der Waals surface area contributed by atoms with E-state index < -0.39 is 0 Å². The van der Waals surface area contributed by atoms with Gasteiger partial charge in [-0.3, -0.25) is 0 Å². The van der Waals surface area contributed by atoms with Crippen LogP contribution in [-0.2, 0) is 0 Å². The first-order valence-electron chi connectivity index (χ1n) is 4.53. The monoisotopic (exact) mass is 174 g/mol. The summed E-state index contributed by atoms with van der Waals surface area (Å²) in [4.78, 5) is 0. The van der Waals surface area contributed by atoms with Crippen molar-refractivity contribution in [2.75, 3.05) is 6.54 Å². The lowest BCUT2D eigenvalue weighted by Crippen LogP contribution is -2.02. The summed E-state index contributed by atoms with van der Waals surface area (Å²) in [7, 11) is 0. The number of hydrogen-bond donors (Lipinski definition) is 1. The predicted molar refractivity (Wildman–Crippen MR) is 53.1 cm³/mol. The highest BCUT2D eigenvalue weighted by atomic mass is 14.5. The summed E-state index contributed by atoms with van der Waals surface area (Å²) in [5.41, 5.74) is 6.50. The van der Waals surface area contributed by atoms with E-state index in [-0.39, 0.29) is 5.92 Å². The average Bonchev–Trinajstić information content (AvgIpc) is 2.21. The zero-order chi connectivity index (χ0) is 9.52. The van der Waals surface area contributed by atoms with Crippen LogP contribution in [0, 0.1) is 11.3 Å². The van der Waals surface area contributed by atoms with Crippen LogP contribution in [0.5, 0.6) is 0 Å². The number of benzene rings is 1. The summed E-state index contributed by atoms with van der Waals surface area (Å²) in [6.45, 7) is 0.658. The third-order valence-electron chi connectivity index (χ3n) is 2.05. The van der Waals surface area contributed by atoms with Gasteiger partial charge in [0.2, 0.25) is 0 Å². The lowest BCUT2D eigenvalue weighted by molar-refractivity contribution is 0.692. The van der Waals surface area contributed by atoms with Crippen molar-refractivity contribution < 1.29 is 0 Å². The molecule has 0 spiro atoms. The maximum absolute atomic E-state index is 8.92. The average molecular weight is 174 g/mol. The Morgan fingerprint density at radius 1 is 1.31 bits per heavy atom. The van der Waals surface area contributed by atoms with Crippen molar-refractivity contribution in [2.45, 2.75) is 18.8 Å². The first-order valence-corrected chi connectivity index (χ1v) is 4.53. The molecular weight excluding hydrogens is 160 g/mol. The van der Waals surface area contributed by atoms with E-state index in [1.165, 1.54) is 0 Å². The van der Waals surface area contributed by atoms with Crippen LogP contribution in [0.15, 0.2) is 30.3 Å². The Hall–Kier alpha value is -1.33. The van der Waals surface area contributed by atoms with Gasteiger partial charge in [0.1, 0.15) is 0 Å². The van der Waals surface area contributed by atoms with E-state index in [0.717, 1.165) is 18.4 Å². The van der Waals surface area contributed by atoms with Crippen LogP contribution in [0.1, 0.15) is 24.3 Å². The van der Waals surface area contributed by atoms with Gasteiger partial charge in [-0.1, -0.05) is 30.3 Å². The molecular formula is C11H14N2. The standard InChI is InChI=1S/C11H14N2/c12-8-4-7-11(9-13)10-5-2-1-3-6-10/h1-3,5-6,11H,4,7-8,12H2. The van der Waals surface area contributed by atoms with E-state index >= 15 is 0 Å². The summed E-state index contributed by atoms with van der Waals surface area (Å²) in [5, 5.41) is 8.92. The molecule has 0 aromatic heterocycles. The van der Waals surface area contributed by atoms with Gasteiger partial charge in [0.25, 0.3) is 0 Å². The second-order valence-electron chi connectivity index (χ2n) is 3.02. The van der Waals surface area contributed by atoms with Crippen LogP contribution in [0.3, 0.4) is 0 Å². The molecule has 1 aromatic rings. The van der Waals surface area contributed by atoms with Gasteiger partial charge in [-0.05, 0) is 24.9 Å². The third kappa shape index (κ3) is 2.89. The molecule has 1 atom stereocenters. The zero-order valence-corrected chi connectivity index (χ0v) is 7.61. The lowest BCUT2D eigenvalue weighted by Gasteiger charge is -2.07. The van der Waals surface area contributed by atoms with Gasteiger partial charge in [0.15, 0.2) is 0 Å². The smallest absolute Gasteiger partial charge is 0.0713 e. The summed E-state index contributed by atoms with van der Waals surface area (Å²) < 4.78 is 0. The van der Waals surface area contributed by atoms with E-state index in [4.69, 9.17) is 11.0 Å². The molecule has 0 saturated carbocycles. The fourth-order valence-corrected chi connectivity index (χ4v) is 1.31. The number of nitrogens with two attached hydrogens (primary N) is 1. The number of nitriles is 1. The van der Waals surface area contributed by atoms with Crippen LogP contribution in [0.2, 0.25) is 0 Å². The Morgan fingerprint density at radius 2 is 2.00 bits per heavy atom. The van der Waals surface area contributed by atoms with E-state index in [9.17, 15) is 0 Å². The minimum absolute atomic E-state index is 0.00440. The van der Waals surface area contributed by atoms with Gasteiger partial charge in [0, 0.05) is 0 Å². The molecule has 0 aliphatic heterocycles. The molecule has 68 valence electrons. The van der Waals surface area contributed by atoms with Crippen LogP contribution in [-0.4, -0.2) is 6.54 Å². The second-order valence-corrected chi connectivity index (χ2v) is 3.02. The molecule has 1 unspecified atom stereocenters. The maximum Gasteiger partial charge on any atom is 0.0713 e. The summed E-state index contributed by atoms with van der Waals surface area (Å²) in [5.74, 6) is 0.00440. The van der Waals surface area contributed by atoms with Gasteiger partial charge in [0.05, 0.1) is 12.0 Å². The van der Waals surface area contributed by atoms with E-state index in [1.807, 2.05) is 30.3 Å². The van der Waals surface area contributed by atoms with Crippen molar-refractivity contribution in [1.29, 1.82) is 5.26 Å².